The van der Waals surface area contributed by atoms with E-state index in [9.17, 15) is 14.4 Å². The molecule has 2 rings (SSSR count). The Kier molecular flexibility index (Phi) is 14.3. The van der Waals surface area contributed by atoms with E-state index in [0.717, 1.165) is 30.4 Å². The van der Waals surface area contributed by atoms with Gasteiger partial charge in [0.1, 0.15) is 6.73 Å². The van der Waals surface area contributed by atoms with Gasteiger partial charge >= 0.3 is 5.97 Å². The molecule has 1 amide bonds. The summed E-state index contributed by atoms with van der Waals surface area (Å²) in [5, 5.41) is 2.81. The van der Waals surface area contributed by atoms with Crippen LogP contribution in [-0.2, 0) is 19.1 Å². The number of allylic oxidation sites excluding steroid dienone is 1. The third-order valence-electron chi connectivity index (χ3n) is 7.37. The van der Waals surface area contributed by atoms with Gasteiger partial charge in [-0.15, -0.1) is 0 Å². The second-order valence-corrected chi connectivity index (χ2v) is 11.0. The molecule has 0 fully saturated rings. The molecule has 0 spiro atoms. The van der Waals surface area contributed by atoms with Crippen LogP contribution in [0.15, 0.2) is 48.5 Å². The van der Waals surface area contributed by atoms with Crippen molar-refractivity contribution < 1.29 is 33.3 Å². The Morgan fingerprint density at radius 1 is 0.952 bits per heavy atom. The van der Waals surface area contributed by atoms with E-state index in [1.807, 2.05) is 57.2 Å². The summed E-state index contributed by atoms with van der Waals surface area (Å²) in [5.74, 6) is 0.272. The van der Waals surface area contributed by atoms with Crippen LogP contribution >= 0.6 is 0 Å². The van der Waals surface area contributed by atoms with E-state index in [1.54, 1.807) is 26.4 Å². The first-order valence-corrected chi connectivity index (χ1v) is 14.6. The second-order valence-electron chi connectivity index (χ2n) is 11.0. The minimum Gasteiger partial charge on any atom is -0.493 e. The fourth-order valence-corrected chi connectivity index (χ4v) is 4.80. The van der Waals surface area contributed by atoms with Gasteiger partial charge in [0, 0.05) is 18.6 Å². The van der Waals surface area contributed by atoms with Crippen LogP contribution in [0.5, 0.6) is 11.5 Å². The fraction of sp³-hybridized carbons (Fsp3) is 0.500. The van der Waals surface area contributed by atoms with Crippen LogP contribution in [0.1, 0.15) is 87.2 Å². The van der Waals surface area contributed by atoms with E-state index in [1.165, 1.54) is 13.2 Å². The van der Waals surface area contributed by atoms with E-state index >= 15 is 0 Å². The Morgan fingerprint density at radius 3 is 2.24 bits per heavy atom. The summed E-state index contributed by atoms with van der Waals surface area (Å²) in [6.45, 7) is 8.25. The zero-order valence-corrected chi connectivity index (χ0v) is 26.2. The first-order chi connectivity index (χ1) is 20.1. The summed E-state index contributed by atoms with van der Waals surface area (Å²) >= 11 is 0. The lowest BCUT2D eigenvalue weighted by Crippen LogP contribution is -2.38. The molecule has 0 radical (unpaired) electrons. The standard InChI is InChI=1S/C34H47NO7/c1-8-10-19-42-33(38)34(3,4)22-28(32(37)35-23-39-5)21-25(9-2)26-13-15-27(16-14-26)29(36)17-11-24-12-18-30(40-6)31(20-24)41-7/h11-18,20,25,28H,8-10,19,21-23H2,1-7H3,(H,35,37)/b17-11+. The molecule has 0 heterocycles. The number of unbranched alkanes of at least 4 members (excludes halogenated alkanes) is 1. The number of methoxy groups -OCH3 is 3. The Bertz CT molecular complexity index is 1190. The van der Waals surface area contributed by atoms with Gasteiger partial charge in [0.15, 0.2) is 17.3 Å². The van der Waals surface area contributed by atoms with Crippen molar-refractivity contribution >= 4 is 23.7 Å². The number of hydrogen-bond acceptors (Lipinski definition) is 7. The van der Waals surface area contributed by atoms with Crippen LogP contribution in [0.2, 0.25) is 0 Å². The Hall–Kier alpha value is -3.65. The predicted molar refractivity (Wildman–Crippen MR) is 165 cm³/mol. The Balaban J connectivity index is 2.17. The maximum absolute atomic E-state index is 13.1. The minimum atomic E-state index is -0.822. The minimum absolute atomic E-state index is 0.0571. The number of benzene rings is 2. The molecule has 0 aromatic heterocycles. The largest absolute Gasteiger partial charge is 0.493 e. The SMILES string of the molecule is CCCCOC(=O)C(C)(C)CC(CC(CC)c1ccc(C(=O)/C=C/c2ccc(OC)c(OC)c2)cc1)C(=O)NCOC. The Morgan fingerprint density at radius 2 is 1.64 bits per heavy atom. The van der Waals surface area contributed by atoms with Gasteiger partial charge in [0.25, 0.3) is 0 Å². The molecule has 0 saturated heterocycles. The van der Waals surface area contributed by atoms with Crippen molar-refractivity contribution in [3.05, 3.63) is 65.2 Å². The highest BCUT2D eigenvalue weighted by atomic mass is 16.5. The van der Waals surface area contributed by atoms with Gasteiger partial charge in [-0.2, -0.15) is 0 Å². The third kappa shape index (κ3) is 10.3. The van der Waals surface area contributed by atoms with Crippen LogP contribution in [0.4, 0.5) is 0 Å². The lowest BCUT2D eigenvalue weighted by Gasteiger charge is -2.29. The third-order valence-corrected chi connectivity index (χ3v) is 7.37. The zero-order valence-electron chi connectivity index (χ0n) is 26.2. The molecule has 0 bridgehead atoms. The van der Waals surface area contributed by atoms with Crippen molar-refractivity contribution in [1.29, 1.82) is 0 Å². The summed E-state index contributed by atoms with van der Waals surface area (Å²) < 4.78 is 21.1. The first-order valence-electron chi connectivity index (χ1n) is 14.6. The number of amides is 1. The van der Waals surface area contributed by atoms with Gasteiger partial charge in [-0.1, -0.05) is 56.7 Å². The monoisotopic (exact) mass is 581 g/mol. The van der Waals surface area contributed by atoms with Crippen LogP contribution in [-0.4, -0.2) is 52.3 Å². The zero-order chi connectivity index (χ0) is 31.1. The number of carbonyl (C=O) groups excluding carboxylic acids is 3. The molecule has 0 aliphatic rings. The molecule has 1 N–H and O–H groups in total. The summed E-state index contributed by atoms with van der Waals surface area (Å²) in [7, 11) is 4.66. The van der Waals surface area contributed by atoms with Crippen LogP contribution in [0.3, 0.4) is 0 Å². The topological polar surface area (TPSA) is 100 Å². The summed E-state index contributed by atoms with van der Waals surface area (Å²) in [4.78, 5) is 38.8. The van der Waals surface area contributed by atoms with Crippen molar-refractivity contribution in [2.45, 2.75) is 65.7 Å². The molecule has 2 aromatic carbocycles. The number of ether oxygens (including phenoxy) is 4. The number of esters is 1. The first kappa shape index (κ1) is 34.6. The number of hydrogen-bond donors (Lipinski definition) is 1. The number of ketones is 1. The van der Waals surface area contributed by atoms with Crippen molar-refractivity contribution in [1.82, 2.24) is 5.32 Å². The maximum atomic E-state index is 13.1. The summed E-state index contributed by atoms with van der Waals surface area (Å²) in [6, 6.07) is 13.0. The van der Waals surface area contributed by atoms with Crippen LogP contribution in [0, 0.1) is 11.3 Å². The average Bonchev–Trinajstić information content (AvgIpc) is 3.00. The quantitative estimate of drug-likeness (QED) is 0.0698. The molecule has 2 aromatic rings. The summed E-state index contributed by atoms with van der Waals surface area (Å²) in [6.07, 6.45) is 6.71. The van der Waals surface area contributed by atoms with E-state index in [-0.39, 0.29) is 30.3 Å². The van der Waals surface area contributed by atoms with Gasteiger partial charge in [0.2, 0.25) is 5.91 Å². The normalized spacial score (nSPS) is 12.9. The number of nitrogens with one attached hydrogen (secondary N) is 1. The highest BCUT2D eigenvalue weighted by molar-refractivity contribution is 6.06. The number of carbonyl (C=O) groups is 3. The van der Waals surface area contributed by atoms with E-state index < -0.39 is 11.3 Å². The van der Waals surface area contributed by atoms with Gasteiger partial charge in [-0.05, 0) is 74.8 Å². The van der Waals surface area contributed by atoms with Crippen molar-refractivity contribution in [3.63, 3.8) is 0 Å². The highest BCUT2D eigenvalue weighted by Crippen LogP contribution is 2.35. The highest BCUT2D eigenvalue weighted by Gasteiger charge is 2.36. The van der Waals surface area contributed by atoms with Gasteiger partial charge in [-0.3, -0.25) is 14.4 Å². The van der Waals surface area contributed by atoms with Crippen molar-refractivity contribution in [3.8, 4) is 11.5 Å². The van der Waals surface area contributed by atoms with Crippen LogP contribution < -0.4 is 14.8 Å². The molecule has 2 atom stereocenters. The maximum Gasteiger partial charge on any atom is 0.311 e. The van der Waals surface area contributed by atoms with Crippen molar-refractivity contribution in [2.75, 3.05) is 34.7 Å². The summed E-state index contributed by atoms with van der Waals surface area (Å²) in [5.41, 5.74) is 1.59. The van der Waals surface area contributed by atoms with E-state index in [4.69, 9.17) is 18.9 Å². The van der Waals surface area contributed by atoms with E-state index in [2.05, 4.69) is 12.2 Å². The molecule has 2 unspecified atom stereocenters. The molecule has 230 valence electrons. The van der Waals surface area contributed by atoms with Crippen molar-refractivity contribution in [2.24, 2.45) is 11.3 Å². The molecule has 42 heavy (non-hydrogen) atoms. The number of rotatable bonds is 18. The smallest absolute Gasteiger partial charge is 0.311 e. The van der Waals surface area contributed by atoms with E-state index in [0.29, 0.717) is 36.5 Å². The van der Waals surface area contributed by atoms with Gasteiger partial charge in [0.05, 0.1) is 26.2 Å². The van der Waals surface area contributed by atoms with Gasteiger partial charge in [-0.25, -0.2) is 0 Å². The lowest BCUT2D eigenvalue weighted by atomic mass is 9.77. The molecule has 0 aliphatic heterocycles. The fourth-order valence-electron chi connectivity index (χ4n) is 4.80. The second kappa shape index (κ2) is 17.3. The molecule has 0 saturated carbocycles. The Labute approximate surface area is 250 Å². The van der Waals surface area contributed by atoms with Crippen LogP contribution in [0.25, 0.3) is 6.08 Å². The molecular formula is C34H47NO7. The predicted octanol–water partition coefficient (Wildman–Crippen LogP) is 6.58. The molecule has 8 nitrogen and oxygen atoms in total. The lowest BCUT2D eigenvalue weighted by molar-refractivity contribution is -0.155. The molecule has 0 aliphatic carbocycles. The molecular weight excluding hydrogens is 534 g/mol. The molecule has 8 heteroatoms. The average molecular weight is 582 g/mol. The van der Waals surface area contributed by atoms with Gasteiger partial charge < -0.3 is 24.3 Å².